The molecule has 1 saturated carbocycles. The summed E-state index contributed by atoms with van der Waals surface area (Å²) in [5, 5.41) is 5.09. The topological polar surface area (TPSA) is 78.0 Å². The van der Waals surface area contributed by atoms with E-state index in [0.29, 0.717) is 10.7 Å². The number of nitrogens with zero attached hydrogens (tertiary/aromatic N) is 2. The normalized spacial score (nSPS) is 16.2. The fraction of sp³-hybridized carbons (Fsp3) is 0.211. The van der Waals surface area contributed by atoms with E-state index in [2.05, 4.69) is 5.10 Å². The molecular weight excluding hydrogens is 370 g/mol. The lowest BCUT2D eigenvalue weighted by Crippen LogP contribution is -2.36. The Kier molecular flexibility index (Phi) is 4.04. The van der Waals surface area contributed by atoms with Crippen molar-refractivity contribution in [2.75, 3.05) is 5.73 Å². The highest BCUT2D eigenvalue weighted by Crippen LogP contribution is 2.49. The maximum atomic E-state index is 12.9. The van der Waals surface area contributed by atoms with E-state index >= 15 is 0 Å². The van der Waals surface area contributed by atoms with Crippen molar-refractivity contribution in [3.63, 3.8) is 0 Å². The minimum Gasteiger partial charge on any atom is -0.383 e. The van der Waals surface area contributed by atoms with E-state index in [1.54, 1.807) is 24.3 Å². The Morgan fingerprint density at radius 1 is 1.04 bits per heavy atom. The van der Waals surface area contributed by atoms with Crippen molar-refractivity contribution < 1.29 is 8.42 Å². The van der Waals surface area contributed by atoms with E-state index in [9.17, 15) is 8.42 Å². The fourth-order valence-electron chi connectivity index (χ4n) is 3.49. The molecule has 1 aliphatic carbocycles. The van der Waals surface area contributed by atoms with Crippen LogP contribution in [0.25, 0.3) is 0 Å². The van der Waals surface area contributed by atoms with Crippen molar-refractivity contribution in [3.05, 3.63) is 76.9 Å². The van der Waals surface area contributed by atoms with Crippen molar-refractivity contribution in [2.24, 2.45) is 0 Å². The number of anilines is 1. The Morgan fingerprint density at radius 2 is 1.69 bits per heavy atom. The molecular formula is C19H18ClN3O2S. The second-order valence-electron chi connectivity index (χ2n) is 6.56. The minimum atomic E-state index is -3.82. The van der Waals surface area contributed by atoms with E-state index in [0.717, 1.165) is 28.9 Å². The van der Waals surface area contributed by atoms with E-state index in [-0.39, 0.29) is 16.1 Å². The largest absolute Gasteiger partial charge is 0.383 e. The number of rotatable bonds is 4. The first-order chi connectivity index (χ1) is 12.4. The molecule has 7 heteroatoms. The van der Waals surface area contributed by atoms with Crippen molar-refractivity contribution >= 4 is 27.4 Å². The van der Waals surface area contributed by atoms with Gasteiger partial charge in [-0.3, -0.25) is 0 Å². The molecule has 0 aliphatic heterocycles. The van der Waals surface area contributed by atoms with Gasteiger partial charge in [0.1, 0.15) is 5.82 Å². The van der Waals surface area contributed by atoms with Crippen molar-refractivity contribution in [3.8, 4) is 0 Å². The fourth-order valence-corrected chi connectivity index (χ4v) is 4.84. The summed E-state index contributed by atoms with van der Waals surface area (Å²) >= 11 is 6.01. The zero-order chi connectivity index (χ0) is 18.4. The van der Waals surface area contributed by atoms with Crippen LogP contribution in [0.4, 0.5) is 5.82 Å². The number of halogens is 1. The zero-order valence-electron chi connectivity index (χ0n) is 14.0. The van der Waals surface area contributed by atoms with Crippen LogP contribution in [0.2, 0.25) is 5.02 Å². The second-order valence-corrected chi connectivity index (χ2v) is 8.76. The highest BCUT2D eigenvalue weighted by atomic mass is 35.5. The van der Waals surface area contributed by atoms with Gasteiger partial charge in [-0.1, -0.05) is 48.4 Å². The quantitative estimate of drug-likeness (QED) is 0.738. The van der Waals surface area contributed by atoms with Crippen molar-refractivity contribution in [1.82, 2.24) is 9.19 Å². The lowest BCUT2D eigenvalue weighted by Gasteiger charge is -2.41. The molecule has 1 fully saturated rings. The highest BCUT2D eigenvalue weighted by molar-refractivity contribution is 7.90. The van der Waals surface area contributed by atoms with Crippen LogP contribution in [0.5, 0.6) is 0 Å². The predicted octanol–water partition coefficient (Wildman–Crippen LogP) is 3.83. The Labute approximate surface area is 157 Å². The van der Waals surface area contributed by atoms with E-state index in [4.69, 9.17) is 17.3 Å². The molecule has 4 rings (SSSR count). The van der Waals surface area contributed by atoms with E-state index in [1.807, 2.05) is 24.3 Å². The summed E-state index contributed by atoms with van der Waals surface area (Å²) in [7, 11) is -3.82. The summed E-state index contributed by atoms with van der Waals surface area (Å²) in [6.45, 7) is 0. The number of hydrogen-bond acceptors (Lipinski definition) is 4. The molecule has 0 unspecified atom stereocenters. The third-order valence-electron chi connectivity index (χ3n) is 5.07. The SMILES string of the molecule is Nc1cc(C2(c3ccc(Cl)cc3)CCC2)nn1S(=O)(=O)c1ccccc1. The first kappa shape index (κ1) is 17.1. The molecule has 1 heterocycles. The molecule has 0 atom stereocenters. The second kappa shape index (κ2) is 6.14. The maximum Gasteiger partial charge on any atom is 0.284 e. The Bertz CT molecular complexity index is 1040. The molecule has 1 aliphatic rings. The molecule has 0 radical (unpaired) electrons. The van der Waals surface area contributed by atoms with Crippen LogP contribution in [-0.2, 0) is 15.4 Å². The van der Waals surface area contributed by atoms with E-state index in [1.165, 1.54) is 12.1 Å². The third kappa shape index (κ3) is 2.61. The molecule has 2 aromatic carbocycles. The number of nitrogens with two attached hydrogens (primary N) is 1. The van der Waals surface area contributed by atoms with Gasteiger partial charge in [0.15, 0.2) is 0 Å². The van der Waals surface area contributed by atoms with Gasteiger partial charge < -0.3 is 5.73 Å². The number of nitrogen functional groups attached to an aromatic ring is 1. The summed E-state index contributed by atoms with van der Waals surface area (Å²) in [6, 6.07) is 17.5. The van der Waals surface area contributed by atoms with Gasteiger partial charge >= 0.3 is 0 Å². The van der Waals surface area contributed by atoms with Crippen LogP contribution in [0.1, 0.15) is 30.5 Å². The average molecular weight is 388 g/mol. The Balaban J connectivity index is 1.80. The van der Waals surface area contributed by atoms with Gasteiger partial charge in [0, 0.05) is 16.5 Å². The molecule has 5 nitrogen and oxygen atoms in total. The lowest BCUT2D eigenvalue weighted by atomic mass is 9.62. The zero-order valence-corrected chi connectivity index (χ0v) is 15.5. The predicted molar refractivity (Wildman–Crippen MR) is 102 cm³/mol. The number of hydrogen-bond donors (Lipinski definition) is 1. The summed E-state index contributed by atoms with van der Waals surface area (Å²) in [6.07, 6.45) is 2.85. The number of aromatic nitrogens is 2. The highest BCUT2D eigenvalue weighted by Gasteiger charge is 2.43. The molecule has 2 N–H and O–H groups in total. The molecule has 1 aromatic heterocycles. The Hall–Kier alpha value is -2.31. The summed E-state index contributed by atoms with van der Waals surface area (Å²) in [5.74, 6) is 0.115. The molecule has 3 aromatic rings. The standard InChI is InChI=1S/C19H18ClN3O2S/c20-15-9-7-14(8-10-15)19(11-4-12-19)17-13-18(21)23(22-17)26(24,25)16-5-2-1-3-6-16/h1-3,5-10,13H,4,11-12,21H2. The average Bonchev–Trinajstić information content (AvgIpc) is 2.99. The van der Waals surface area contributed by atoms with Gasteiger partial charge in [0.2, 0.25) is 0 Å². The molecule has 0 saturated heterocycles. The minimum absolute atomic E-state index is 0.115. The summed E-state index contributed by atoms with van der Waals surface area (Å²) in [4.78, 5) is 0.163. The number of benzene rings is 2. The van der Waals surface area contributed by atoms with Crippen LogP contribution in [0.3, 0.4) is 0 Å². The first-order valence-electron chi connectivity index (χ1n) is 8.36. The monoisotopic (exact) mass is 387 g/mol. The third-order valence-corrected chi connectivity index (χ3v) is 6.93. The Morgan fingerprint density at radius 3 is 2.27 bits per heavy atom. The van der Waals surface area contributed by atoms with Gasteiger partial charge in [0.25, 0.3) is 10.0 Å². The van der Waals surface area contributed by atoms with Crippen LogP contribution in [-0.4, -0.2) is 17.6 Å². The van der Waals surface area contributed by atoms with Crippen molar-refractivity contribution in [2.45, 2.75) is 29.6 Å². The first-order valence-corrected chi connectivity index (χ1v) is 10.2. The maximum absolute atomic E-state index is 12.9. The van der Waals surface area contributed by atoms with Crippen molar-refractivity contribution in [1.29, 1.82) is 0 Å². The van der Waals surface area contributed by atoms with E-state index < -0.39 is 10.0 Å². The van der Waals surface area contributed by atoms with Gasteiger partial charge in [0.05, 0.1) is 10.6 Å². The molecule has 0 amide bonds. The van der Waals surface area contributed by atoms with Crippen LogP contribution < -0.4 is 5.73 Å². The summed E-state index contributed by atoms with van der Waals surface area (Å²) < 4.78 is 26.7. The van der Waals surface area contributed by atoms with Crippen LogP contribution >= 0.6 is 11.6 Å². The van der Waals surface area contributed by atoms with Crippen LogP contribution in [0, 0.1) is 0 Å². The van der Waals surface area contributed by atoms with Gasteiger partial charge in [-0.05, 0) is 42.7 Å². The lowest BCUT2D eigenvalue weighted by molar-refractivity contribution is 0.293. The van der Waals surface area contributed by atoms with Gasteiger partial charge in [-0.15, -0.1) is 4.09 Å². The molecule has 134 valence electrons. The summed E-state index contributed by atoms with van der Waals surface area (Å²) in [5.41, 5.74) is 7.50. The molecule has 0 spiro atoms. The van der Waals surface area contributed by atoms with Gasteiger partial charge in [-0.2, -0.15) is 13.5 Å². The van der Waals surface area contributed by atoms with Gasteiger partial charge in [-0.25, -0.2) is 0 Å². The van der Waals surface area contributed by atoms with Crippen LogP contribution in [0.15, 0.2) is 65.6 Å². The molecule has 26 heavy (non-hydrogen) atoms. The molecule has 0 bridgehead atoms. The smallest absolute Gasteiger partial charge is 0.284 e.